The first-order valence-corrected chi connectivity index (χ1v) is 9.92. The van der Waals surface area contributed by atoms with E-state index in [1.807, 2.05) is 42.5 Å². The number of fused-ring (bicyclic) bond motifs is 1. The van der Waals surface area contributed by atoms with Crippen molar-refractivity contribution in [3.05, 3.63) is 77.9 Å². The van der Waals surface area contributed by atoms with Crippen molar-refractivity contribution in [3.63, 3.8) is 0 Å². The van der Waals surface area contributed by atoms with Gasteiger partial charge in [-0.25, -0.2) is 8.78 Å². The summed E-state index contributed by atoms with van der Waals surface area (Å²) >= 11 is 1.32. The van der Waals surface area contributed by atoms with Gasteiger partial charge in [-0.05, 0) is 35.9 Å². The molecule has 0 heterocycles. The normalized spacial score (nSPS) is 11.8. The van der Waals surface area contributed by atoms with Gasteiger partial charge in [0.15, 0.2) is 6.61 Å². The Labute approximate surface area is 171 Å². The summed E-state index contributed by atoms with van der Waals surface area (Å²) in [6, 6.07) is 16.2. The van der Waals surface area contributed by atoms with Gasteiger partial charge in [-0.15, -0.1) is 11.8 Å². The molecule has 4 nitrogen and oxygen atoms in total. The number of carbonyl (C=O) groups excluding carboxylic acids is 2. The highest BCUT2D eigenvalue weighted by molar-refractivity contribution is 8.00. The van der Waals surface area contributed by atoms with Crippen LogP contribution in [0.4, 0.5) is 8.78 Å². The van der Waals surface area contributed by atoms with E-state index in [4.69, 9.17) is 4.74 Å². The number of benzene rings is 3. The first-order chi connectivity index (χ1) is 13.9. The quantitative estimate of drug-likeness (QED) is 0.452. The summed E-state index contributed by atoms with van der Waals surface area (Å²) in [5.74, 6) is -2.47. The Kier molecular flexibility index (Phi) is 6.82. The van der Waals surface area contributed by atoms with Crippen molar-refractivity contribution in [1.82, 2.24) is 5.32 Å². The first-order valence-electron chi connectivity index (χ1n) is 8.94. The number of hydrogen-bond donors (Lipinski definition) is 1. The standard InChI is InChI=1S/C22H19F2NO3S/c1-14(19-9-7-17(23)11-20(19)24)25-21(26)12-28-22(27)13-29-18-8-6-15-4-2-3-5-16(15)10-18/h2-11,14H,12-13H2,1H3,(H,25,26)/t14-/m0/s1. The maximum absolute atomic E-state index is 13.7. The summed E-state index contributed by atoms with van der Waals surface area (Å²) in [5.41, 5.74) is 0.151. The number of esters is 1. The molecular formula is C22H19F2NO3S. The molecule has 0 radical (unpaired) electrons. The number of carbonyl (C=O) groups is 2. The maximum atomic E-state index is 13.7. The van der Waals surface area contributed by atoms with Crippen molar-refractivity contribution >= 4 is 34.4 Å². The molecule has 0 aromatic heterocycles. The molecule has 3 aromatic rings. The molecule has 0 aliphatic carbocycles. The zero-order chi connectivity index (χ0) is 20.8. The van der Waals surface area contributed by atoms with Crippen LogP contribution in [-0.4, -0.2) is 24.2 Å². The second-order valence-corrected chi connectivity index (χ2v) is 7.46. The van der Waals surface area contributed by atoms with Crippen LogP contribution < -0.4 is 5.32 Å². The number of hydrogen-bond acceptors (Lipinski definition) is 4. The number of thioether (sulfide) groups is 1. The smallest absolute Gasteiger partial charge is 0.316 e. The van der Waals surface area contributed by atoms with Crippen LogP contribution in [0.5, 0.6) is 0 Å². The fourth-order valence-corrected chi connectivity index (χ4v) is 3.54. The van der Waals surface area contributed by atoms with Gasteiger partial charge in [-0.1, -0.05) is 36.4 Å². The van der Waals surface area contributed by atoms with Crippen molar-refractivity contribution in [2.24, 2.45) is 0 Å². The first kappa shape index (κ1) is 20.8. The molecule has 1 atom stereocenters. The molecule has 1 N–H and O–H groups in total. The van der Waals surface area contributed by atoms with Crippen LogP contribution in [0.15, 0.2) is 65.6 Å². The van der Waals surface area contributed by atoms with E-state index in [1.54, 1.807) is 6.92 Å². The zero-order valence-corrected chi connectivity index (χ0v) is 16.5. The molecular weight excluding hydrogens is 396 g/mol. The topological polar surface area (TPSA) is 55.4 Å². The highest BCUT2D eigenvalue weighted by Gasteiger charge is 2.15. The molecule has 1 amide bonds. The zero-order valence-electron chi connectivity index (χ0n) is 15.7. The van der Waals surface area contributed by atoms with Gasteiger partial charge < -0.3 is 10.1 Å². The summed E-state index contributed by atoms with van der Waals surface area (Å²) in [6.07, 6.45) is 0. The van der Waals surface area contributed by atoms with E-state index in [0.717, 1.165) is 27.8 Å². The van der Waals surface area contributed by atoms with Gasteiger partial charge in [0.25, 0.3) is 5.91 Å². The second kappa shape index (κ2) is 9.52. The number of amides is 1. The van der Waals surface area contributed by atoms with E-state index in [2.05, 4.69) is 5.32 Å². The van der Waals surface area contributed by atoms with Crippen molar-refractivity contribution < 1.29 is 23.1 Å². The van der Waals surface area contributed by atoms with E-state index < -0.39 is 36.2 Å². The monoisotopic (exact) mass is 415 g/mol. The SMILES string of the molecule is C[C@H](NC(=O)COC(=O)CSc1ccc2ccccc2c1)c1ccc(F)cc1F. The van der Waals surface area contributed by atoms with Gasteiger partial charge in [0, 0.05) is 16.5 Å². The molecule has 3 rings (SSSR count). The van der Waals surface area contributed by atoms with Gasteiger partial charge >= 0.3 is 5.97 Å². The number of ether oxygens (including phenoxy) is 1. The lowest BCUT2D eigenvalue weighted by Gasteiger charge is -2.15. The summed E-state index contributed by atoms with van der Waals surface area (Å²) < 4.78 is 31.7. The number of halogens is 2. The summed E-state index contributed by atoms with van der Waals surface area (Å²) in [5, 5.41) is 4.71. The van der Waals surface area contributed by atoms with Gasteiger partial charge in [0.1, 0.15) is 11.6 Å². The van der Waals surface area contributed by atoms with Crippen LogP contribution in [0.3, 0.4) is 0 Å². The lowest BCUT2D eigenvalue weighted by atomic mass is 10.1. The highest BCUT2D eigenvalue weighted by Crippen LogP contribution is 2.23. The van der Waals surface area contributed by atoms with Crippen LogP contribution in [0.25, 0.3) is 10.8 Å². The average Bonchev–Trinajstić information content (AvgIpc) is 2.70. The van der Waals surface area contributed by atoms with Gasteiger partial charge in [0.2, 0.25) is 0 Å². The fraction of sp³-hybridized carbons (Fsp3) is 0.182. The molecule has 0 fully saturated rings. The molecule has 150 valence electrons. The lowest BCUT2D eigenvalue weighted by Crippen LogP contribution is -2.31. The Morgan fingerprint density at radius 2 is 1.79 bits per heavy atom. The molecule has 0 saturated carbocycles. The van der Waals surface area contributed by atoms with Crippen LogP contribution in [0.1, 0.15) is 18.5 Å². The maximum Gasteiger partial charge on any atom is 0.316 e. The Bertz CT molecular complexity index is 1040. The average molecular weight is 415 g/mol. The van der Waals surface area contributed by atoms with Crippen molar-refractivity contribution in [2.75, 3.05) is 12.4 Å². The Morgan fingerprint density at radius 1 is 1.03 bits per heavy atom. The minimum absolute atomic E-state index is 0.0633. The Balaban J connectivity index is 1.45. The van der Waals surface area contributed by atoms with E-state index in [9.17, 15) is 18.4 Å². The molecule has 0 saturated heterocycles. The van der Waals surface area contributed by atoms with Crippen LogP contribution in [-0.2, 0) is 14.3 Å². The molecule has 29 heavy (non-hydrogen) atoms. The van der Waals surface area contributed by atoms with Gasteiger partial charge in [0.05, 0.1) is 11.8 Å². The lowest BCUT2D eigenvalue weighted by molar-refractivity contribution is -0.146. The number of rotatable bonds is 7. The molecule has 7 heteroatoms. The third kappa shape index (κ3) is 5.77. The fourth-order valence-electron chi connectivity index (χ4n) is 2.80. The van der Waals surface area contributed by atoms with Crippen LogP contribution in [0, 0.1) is 11.6 Å². The molecule has 3 aromatic carbocycles. The van der Waals surface area contributed by atoms with Gasteiger partial charge in [-0.3, -0.25) is 9.59 Å². The molecule has 0 aliphatic heterocycles. The Morgan fingerprint density at radius 3 is 2.55 bits per heavy atom. The molecule has 0 aliphatic rings. The van der Waals surface area contributed by atoms with Crippen molar-refractivity contribution in [1.29, 1.82) is 0 Å². The van der Waals surface area contributed by atoms with E-state index >= 15 is 0 Å². The predicted molar refractivity (Wildman–Crippen MR) is 109 cm³/mol. The molecule has 0 unspecified atom stereocenters. The summed E-state index contributed by atoms with van der Waals surface area (Å²) in [4.78, 5) is 24.8. The summed E-state index contributed by atoms with van der Waals surface area (Å²) in [6.45, 7) is 1.09. The predicted octanol–water partition coefficient (Wildman–Crippen LogP) is 4.63. The largest absolute Gasteiger partial charge is 0.455 e. The highest BCUT2D eigenvalue weighted by atomic mass is 32.2. The molecule has 0 bridgehead atoms. The van der Waals surface area contributed by atoms with Gasteiger partial charge in [-0.2, -0.15) is 0 Å². The van der Waals surface area contributed by atoms with E-state index in [-0.39, 0.29) is 11.3 Å². The minimum atomic E-state index is -0.749. The second-order valence-electron chi connectivity index (χ2n) is 6.41. The van der Waals surface area contributed by atoms with Crippen molar-refractivity contribution in [3.8, 4) is 0 Å². The third-order valence-corrected chi connectivity index (χ3v) is 5.22. The molecule has 0 spiro atoms. The van der Waals surface area contributed by atoms with Crippen LogP contribution >= 0.6 is 11.8 Å². The summed E-state index contributed by atoms with van der Waals surface area (Å²) in [7, 11) is 0. The third-order valence-electron chi connectivity index (χ3n) is 4.25. The van der Waals surface area contributed by atoms with Crippen LogP contribution in [0.2, 0.25) is 0 Å². The minimum Gasteiger partial charge on any atom is -0.455 e. The Hall–Kier alpha value is -2.93. The van der Waals surface area contributed by atoms with E-state index in [1.165, 1.54) is 17.8 Å². The van der Waals surface area contributed by atoms with Crippen molar-refractivity contribution in [2.45, 2.75) is 17.9 Å². The van der Waals surface area contributed by atoms with E-state index in [0.29, 0.717) is 0 Å². The number of nitrogens with one attached hydrogen (secondary N) is 1.